The van der Waals surface area contributed by atoms with Crippen molar-refractivity contribution in [3.63, 3.8) is 0 Å². The third-order valence-electron chi connectivity index (χ3n) is 8.13. The van der Waals surface area contributed by atoms with Crippen molar-refractivity contribution >= 4 is 45.0 Å². The molecule has 0 aromatic carbocycles. The number of aliphatic carboxylic acids is 2. The summed E-state index contributed by atoms with van der Waals surface area (Å²) in [6, 6.07) is 0. The summed E-state index contributed by atoms with van der Waals surface area (Å²) < 4.78 is 13.2. The van der Waals surface area contributed by atoms with Crippen LogP contribution in [0.15, 0.2) is 24.3 Å². The molecule has 0 bridgehead atoms. The SMILES string of the molecule is CCCCC(CC)COC(=O)/C=C\C(=O)[O-].CCCCC(CC)COC(=O)/C=C\C(=O)[O-].CCCCCCC[CH2][Sn+2][CH2]CCCCCCC. The van der Waals surface area contributed by atoms with Gasteiger partial charge in [0.2, 0.25) is 0 Å². The minimum absolute atomic E-state index is 0.0736. The molecule has 0 aliphatic heterocycles. The number of unbranched alkanes of at least 4 members (excludes halogenated alkanes) is 12. The fourth-order valence-electron chi connectivity index (χ4n) is 4.75. The summed E-state index contributed by atoms with van der Waals surface area (Å²) in [5, 5.41) is 20.1. The van der Waals surface area contributed by atoms with Crippen molar-refractivity contribution < 1.29 is 38.9 Å². The molecule has 0 aliphatic carbocycles. The number of esters is 2. The summed E-state index contributed by atoms with van der Waals surface area (Å²) in [6.45, 7) is 13.6. The molecule has 9 heteroatoms. The molecule has 0 spiro atoms. The van der Waals surface area contributed by atoms with Crippen LogP contribution >= 0.6 is 0 Å². The summed E-state index contributed by atoms with van der Waals surface area (Å²) >= 11 is 0.0736. The van der Waals surface area contributed by atoms with Crippen LogP contribution in [0.4, 0.5) is 0 Å². The van der Waals surface area contributed by atoms with Crippen LogP contribution in [0.2, 0.25) is 8.87 Å². The molecule has 0 saturated heterocycles. The van der Waals surface area contributed by atoms with Gasteiger partial charge >= 0.3 is 133 Å². The number of ether oxygens (including phenoxy) is 2. The molecule has 0 fully saturated rings. The third-order valence-corrected chi connectivity index (χ3v) is 12.2. The number of hydrogen-bond donors (Lipinski definition) is 0. The van der Waals surface area contributed by atoms with Gasteiger partial charge in [0, 0.05) is 12.2 Å². The Morgan fingerprint density at radius 1 is 0.490 bits per heavy atom. The fraction of sp³-hybridized carbons (Fsp3) is 0.800. The standard InChI is InChI=1S/2C12H20O4.2C8H17.Sn/c2*1-3-5-6-10(4-2)9-16-12(15)8-7-11(13)14;2*1-3-5-7-8-6-4-2;/h2*7-8,10H,3-6,9H2,1-2H3,(H,13,14);2*1,3-8H2,2H3;/q;;;;+2/p-2/b2*8-7-;;;. The average Bonchev–Trinajstić information content (AvgIpc) is 3.09. The Balaban J connectivity index is -0.000000648. The molecule has 2 unspecified atom stereocenters. The maximum absolute atomic E-state index is 11.0. The van der Waals surface area contributed by atoms with E-state index in [0.717, 1.165) is 63.5 Å². The zero-order valence-corrected chi connectivity index (χ0v) is 35.1. The number of hydrogen-bond acceptors (Lipinski definition) is 8. The first-order chi connectivity index (χ1) is 23.6. The second-order valence-corrected chi connectivity index (χ2v) is 17.0. The maximum atomic E-state index is 11.0. The van der Waals surface area contributed by atoms with Crippen LogP contribution in [0.3, 0.4) is 0 Å². The van der Waals surface area contributed by atoms with Crippen LogP contribution in [0.25, 0.3) is 0 Å². The van der Waals surface area contributed by atoms with Gasteiger partial charge in [-0.05, 0) is 36.8 Å². The van der Waals surface area contributed by atoms with Crippen LogP contribution < -0.4 is 10.2 Å². The van der Waals surface area contributed by atoms with Gasteiger partial charge in [-0.2, -0.15) is 0 Å². The van der Waals surface area contributed by atoms with Gasteiger partial charge in [0.1, 0.15) is 0 Å². The normalized spacial score (nSPS) is 11.9. The van der Waals surface area contributed by atoms with Crippen molar-refractivity contribution in [3.05, 3.63) is 24.3 Å². The van der Waals surface area contributed by atoms with E-state index in [9.17, 15) is 29.4 Å². The van der Waals surface area contributed by atoms with E-state index in [-0.39, 0.29) is 21.1 Å². The predicted octanol–water partition coefficient (Wildman–Crippen LogP) is 8.35. The number of carbonyl (C=O) groups excluding carboxylic acids is 4. The molecule has 0 aromatic heterocycles. The molecule has 0 aromatic rings. The number of carbonyl (C=O) groups is 4. The van der Waals surface area contributed by atoms with Crippen molar-refractivity contribution in [2.45, 2.75) is 179 Å². The molecule has 0 aliphatic rings. The topological polar surface area (TPSA) is 133 Å². The van der Waals surface area contributed by atoms with Crippen LogP contribution in [-0.4, -0.2) is 58.2 Å². The van der Waals surface area contributed by atoms with Crippen molar-refractivity contribution in [1.29, 1.82) is 0 Å². The van der Waals surface area contributed by atoms with Gasteiger partial charge in [-0.25, -0.2) is 9.59 Å². The average molecular weight is 800 g/mol. The number of rotatable bonds is 30. The van der Waals surface area contributed by atoms with E-state index in [1.54, 1.807) is 21.7 Å². The molecule has 0 amide bonds. The first-order valence-electron chi connectivity index (χ1n) is 19.4. The second kappa shape index (κ2) is 42.3. The molecule has 0 saturated carbocycles. The Morgan fingerprint density at radius 3 is 1.12 bits per heavy atom. The van der Waals surface area contributed by atoms with Gasteiger partial charge in [-0.3, -0.25) is 0 Å². The predicted molar refractivity (Wildman–Crippen MR) is 199 cm³/mol. The molecule has 0 radical (unpaired) electrons. The Morgan fingerprint density at radius 2 is 0.816 bits per heavy atom. The number of carboxylic acids is 2. The zero-order chi connectivity index (χ0) is 37.4. The van der Waals surface area contributed by atoms with Gasteiger partial charge in [-0.1, -0.05) is 66.2 Å². The van der Waals surface area contributed by atoms with Crippen molar-refractivity contribution in [2.75, 3.05) is 13.2 Å². The van der Waals surface area contributed by atoms with Crippen molar-refractivity contribution in [1.82, 2.24) is 0 Å². The van der Waals surface area contributed by atoms with Gasteiger partial charge < -0.3 is 29.3 Å². The van der Waals surface area contributed by atoms with E-state index in [2.05, 4.69) is 27.7 Å². The Hall–Kier alpha value is -1.84. The molecule has 0 rings (SSSR count). The Kier molecular flexibility index (Phi) is 44.5. The third kappa shape index (κ3) is 46.2. The molecular weight excluding hydrogens is 727 g/mol. The van der Waals surface area contributed by atoms with Crippen LogP contribution in [0, 0.1) is 11.8 Å². The first kappa shape index (κ1) is 51.5. The van der Waals surface area contributed by atoms with E-state index in [0.29, 0.717) is 37.2 Å². The van der Waals surface area contributed by atoms with Crippen LogP contribution in [-0.2, 0) is 28.7 Å². The van der Waals surface area contributed by atoms with E-state index in [1.807, 2.05) is 13.8 Å². The van der Waals surface area contributed by atoms with Gasteiger partial charge in [-0.15, -0.1) is 0 Å². The monoisotopic (exact) mass is 800 g/mol. The van der Waals surface area contributed by atoms with E-state index < -0.39 is 23.9 Å². The van der Waals surface area contributed by atoms with Gasteiger partial charge in [0.15, 0.2) is 0 Å². The van der Waals surface area contributed by atoms with Crippen molar-refractivity contribution in [3.8, 4) is 0 Å². The van der Waals surface area contributed by atoms with E-state index >= 15 is 0 Å². The molecule has 0 heterocycles. The summed E-state index contributed by atoms with van der Waals surface area (Å²) in [6.07, 6.45) is 29.4. The summed E-state index contributed by atoms with van der Waals surface area (Å²) in [5.41, 5.74) is 0. The van der Waals surface area contributed by atoms with Gasteiger partial charge in [0.05, 0.1) is 25.2 Å². The van der Waals surface area contributed by atoms with E-state index in [1.165, 1.54) is 64.2 Å². The van der Waals surface area contributed by atoms with Gasteiger partial charge in [0.25, 0.3) is 0 Å². The molecule has 0 N–H and O–H groups in total. The van der Waals surface area contributed by atoms with Crippen molar-refractivity contribution in [2.24, 2.45) is 11.8 Å². The number of carboxylic acid groups (broad SMARTS) is 2. The summed E-state index contributed by atoms with van der Waals surface area (Å²) in [7, 11) is 0. The summed E-state index contributed by atoms with van der Waals surface area (Å²) in [4.78, 5) is 42.2. The second-order valence-electron chi connectivity index (χ2n) is 12.7. The Bertz CT molecular complexity index is 761. The molecule has 49 heavy (non-hydrogen) atoms. The zero-order valence-electron chi connectivity index (χ0n) is 32.2. The molecule has 284 valence electrons. The quantitative estimate of drug-likeness (QED) is 0.0307. The molecular formula is C40H72O8Sn. The molecule has 2 atom stereocenters. The molecule has 8 nitrogen and oxygen atoms in total. The van der Waals surface area contributed by atoms with Crippen LogP contribution in [0.1, 0.15) is 170 Å². The first-order valence-corrected chi connectivity index (χ1v) is 23.5. The van der Waals surface area contributed by atoms with Crippen LogP contribution in [0.5, 0.6) is 0 Å². The van der Waals surface area contributed by atoms with E-state index in [4.69, 9.17) is 9.47 Å². The fourth-order valence-corrected chi connectivity index (χ4v) is 8.32. The minimum atomic E-state index is -1.39. The summed E-state index contributed by atoms with van der Waals surface area (Å²) in [5.74, 6) is -3.32. The Labute approximate surface area is 310 Å².